The van der Waals surface area contributed by atoms with Crippen molar-refractivity contribution in [3.8, 4) is 5.75 Å². The number of hydrogen-bond donors (Lipinski definition) is 1. The molecule has 1 aromatic carbocycles. The van der Waals surface area contributed by atoms with Crippen molar-refractivity contribution in [2.24, 2.45) is 0 Å². The number of benzene rings is 1. The van der Waals surface area contributed by atoms with Gasteiger partial charge in [0.2, 0.25) is 0 Å². The maximum atomic E-state index is 6.12. The third kappa shape index (κ3) is 3.57. The highest BCUT2D eigenvalue weighted by molar-refractivity contribution is 9.10. The Bertz CT molecular complexity index is 595. The minimum Gasteiger partial charge on any atom is -0.484 e. The third-order valence-corrected chi connectivity index (χ3v) is 4.04. The number of halogens is 2. The van der Waals surface area contributed by atoms with Gasteiger partial charge in [-0.15, -0.1) is 0 Å². The topological polar surface area (TPSA) is 34.4 Å². The van der Waals surface area contributed by atoms with Gasteiger partial charge in [-0.1, -0.05) is 27.5 Å². The zero-order valence-electron chi connectivity index (χ0n) is 10.9. The maximum Gasteiger partial charge on any atom is 0.146 e. The Kier molecular flexibility index (Phi) is 4.34. The van der Waals surface area contributed by atoms with Gasteiger partial charge in [0, 0.05) is 22.6 Å². The summed E-state index contributed by atoms with van der Waals surface area (Å²) in [5, 5.41) is 4.06. The van der Waals surface area contributed by atoms with E-state index in [0.717, 1.165) is 22.3 Å². The average Bonchev–Trinajstić information content (AvgIpc) is 3.14. The number of hydrogen-bond acceptors (Lipinski definition) is 3. The van der Waals surface area contributed by atoms with Crippen LogP contribution >= 0.6 is 27.5 Å². The molecule has 106 valence electrons. The summed E-state index contributed by atoms with van der Waals surface area (Å²) in [5.41, 5.74) is 1.14. The van der Waals surface area contributed by atoms with Crippen molar-refractivity contribution in [1.82, 2.24) is 5.32 Å². The third-order valence-electron chi connectivity index (χ3n) is 3.25. The summed E-state index contributed by atoms with van der Waals surface area (Å²) in [7, 11) is 0. The van der Waals surface area contributed by atoms with E-state index in [0.29, 0.717) is 23.4 Å². The Morgan fingerprint density at radius 3 is 2.95 bits per heavy atom. The van der Waals surface area contributed by atoms with E-state index in [2.05, 4.69) is 21.2 Å². The van der Waals surface area contributed by atoms with E-state index in [4.69, 9.17) is 20.8 Å². The predicted octanol–water partition coefficient (Wildman–Crippen LogP) is 4.53. The SMILES string of the molecule is Clc1cc(Br)ccc1OCc1occc1CNC1CC1. The molecule has 1 N–H and O–H groups in total. The highest BCUT2D eigenvalue weighted by Gasteiger charge is 2.21. The zero-order valence-corrected chi connectivity index (χ0v) is 13.2. The van der Waals surface area contributed by atoms with Crippen LogP contribution in [0.4, 0.5) is 0 Å². The van der Waals surface area contributed by atoms with E-state index in [1.165, 1.54) is 12.8 Å². The molecule has 0 saturated heterocycles. The van der Waals surface area contributed by atoms with Crippen LogP contribution in [0.25, 0.3) is 0 Å². The van der Waals surface area contributed by atoms with E-state index in [9.17, 15) is 0 Å². The van der Waals surface area contributed by atoms with Gasteiger partial charge in [-0.25, -0.2) is 0 Å². The maximum absolute atomic E-state index is 6.12. The molecule has 1 fully saturated rings. The molecule has 0 amide bonds. The fourth-order valence-electron chi connectivity index (χ4n) is 1.93. The van der Waals surface area contributed by atoms with Crippen LogP contribution in [0.15, 0.2) is 39.4 Å². The Hall–Kier alpha value is -0.970. The second-order valence-corrected chi connectivity index (χ2v) is 6.21. The Labute approximate surface area is 131 Å². The minimum absolute atomic E-state index is 0.385. The van der Waals surface area contributed by atoms with Gasteiger partial charge in [-0.05, 0) is 37.1 Å². The lowest BCUT2D eigenvalue weighted by atomic mass is 10.2. The second-order valence-electron chi connectivity index (χ2n) is 4.89. The van der Waals surface area contributed by atoms with Crippen LogP contribution in [0, 0.1) is 0 Å². The highest BCUT2D eigenvalue weighted by atomic mass is 79.9. The lowest BCUT2D eigenvalue weighted by Gasteiger charge is -2.08. The summed E-state index contributed by atoms with van der Waals surface area (Å²) in [6.07, 6.45) is 4.25. The number of nitrogens with one attached hydrogen (secondary N) is 1. The van der Waals surface area contributed by atoms with E-state index in [1.807, 2.05) is 24.3 Å². The van der Waals surface area contributed by atoms with Crippen molar-refractivity contribution in [3.63, 3.8) is 0 Å². The largest absolute Gasteiger partial charge is 0.484 e. The molecule has 2 aromatic rings. The first-order chi connectivity index (χ1) is 9.72. The van der Waals surface area contributed by atoms with Crippen LogP contribution in [0.5, 0.6) is 5.75 Å². The molecule has 1 aromatic heterocycles. The summed E-state index contributed by atoms with van der Waals surface area (Å²) >= 11 is 9.49. The molecule has 0 unspecified atom stereocenters. The van der Waals surface area contributed by atoms with E-state index < -0.39 is 0 Å². The fourth-order valence-corrected chi connectivity index (χ4v) is 2.66. The van der Waals surface area contributed by atoms with E-state index >= 15 is 0 Å². The standard InChI is InChI=1S/C15H15BrClNO2/c16-11-1-4-14(13(17)7-11)20-9-15-10(5-6-19-15)8-18-12-2-3-12/h1,4-7,12,18H,2-3,8-9H2. The van der Waals surface area contributed by atoms with Crippen molar-refractivity contribution in [2.75, 3.05) is 0 Å². The molecule has 20 heavy (non-hydrogen) atoms. The molecule has 1 aliphatic carbocycles. The first-order valence-corrected chi connectivity index (χ1v) is 7.76. The van der Waals surface area contributed by atoms with Crippen LogP contribution in [-0.2, 0) is 13.2 Å². The molecule has 1 aliphatic rings. The molecule has 0 bridgehead atoms. The monoisotopic (exact) mass is 355 g/mol. The van der Waals surface area contributed by atoms with Crippen LogP contribution in [0.2, 0.25) is 5.02 Å². The van der Waals surface area contributed by atoms with Crippen molar-refractivity contribution in [2.45, 2.75) is 32.0 Å². The summed E-state index contributed by atoms with van der Waals surface area (Å²) in [6.45, 7) is 1.21. The Balaban J connectivity index is 1.61. The average molecular weight is 357 g/mol. The van der Waals surface area contributed by atoms with Crippen LogP contribution in [0.1, 0.15) is 24.2 Å². The second kappa shape index (κ2) is 6.20. The normalized spacial score (nSPS) is 14.5. The van der Waals surface area contributed by atoms with Crippen molar-refractivity contribution in [3.05, 3.63) is 51.3 Å². The lowest BCUT2D eigenvalue weighted by Crippen LogP contribution is -2.16. The van der Waals surface area contributed by atoms with E-state index in [-0.39, 0.29) is 0 Å². The molecular weight excluding hydrogens is 342 g/mol. The quantitative estimate of drug-likeness (QED) is 0.826. The number of ether oxygens (including phenoxy) is 1. The first-order valence-electron chi connectivity index (χ1n) is 6.59. The van der Waals surface area contributed by atoms with Gasteiger partial charge in [-0.3, -0.25) is 0 Å². The van der Waals surface area contributed by atoms with Gasteiger partial charge in [0.25, 0.3) is 0 Å². The molecular formula is C15H15BrClNO2. The Morgan fingerprint density at radius 2 is 2.20 bits per heavy atom. The Morgan fingerprint density at radius 1 is 1.35 bits per heavy atom. The summed E-state index contributed by atoms with van der Waals surface area (Å²) in [4.78, 5) is 0. The fraction of sp³-hybridized carbons (Fsp3) is 0.333. The van der Waals surface area contributed by atoms with Gasteiger partial charge in [0.05, 0.1) is 11.3 Å². The number of rotatable bonds is 6. The van der Waals surface area contributed by atoms with Crippen molar-refractivity contribution >= 4 is 27.5 Å². The molecule has 3 rings (SSSR count). The smallest absolute Gasteiger partial charge is 0.146 e. The van der Waals surface area contributed by atoms with Gasteiger partial charge in [0.1, 0.15) is 18.1 Å². The zero-order chi connectivity index (χ0) is 13.9. The molecule has 0 atom stereocenters. The van der Waals surface area contributed by atoms with E-state index in [1.54, 1.807) is 6.26 Å². The first kappa shape index (κ1) is 14.0. The van der Waals surface area contributed by atoms with Crippen LogP contribution in [0.3, 0.4) is 0 Å². The highest BCUT2D eigenvalue weighted by Crippen LogP contribution is 2.29. The van der Waals surface area contributed by atoms with Gasteiger partial charge in [0.15, 0.2) is 0 Å². The molecule has 5 heteroatoms. The van der Waals surface area contributed by atoms with Gasteiger partial charge in [-0.2, -0.15) is 0 Å². The van der Waals surface area contributed by atoms with Crippen molar-refractivity contribution < 1.29 is 9.15 Å². The predicted molar refractivity (Wildman–Crippen MR) is 82.1 cm³/mol. The van der Waals surface area contributed by atoms with Gasteiger partial charge < -0.3 is 14.5 Å². The van der Waals surface area contributed by atoms with Crippen LogP contribution < -0.4 is 10.1 Å². The summed E-state index contributed by atoms with van der Waals surface area (Å²) in [5.74, 6) is 1.50. The molecule has 0 radical (unpaired) electrons. The molecule has 1 heterocycles. The lowest BCUT2D eigenvalue weighted by molar-refractivity contribution is 0.268. The summed E-state index contributed by atoms with van der Waals surface area (Å²) in [6, 6.07) is 8.22. The molecule has 0 spiro atoms. The van der Waals surface area contributed by atoms with Crippen LogP contribution in [-0.4, -0.2) is 6.04 Å². The minimum atomic E-state index is 0.385. The van der Waals surface area contributed by atoms with Gasteiger partial charge >= 0.3 is 0 Å². The molecule has 0 aliphatic heterocycles. The molecule has 1 saturated carbocycles. The summed E-state index contributed by atoms with van der Waals surface area (Å²) < 4.78 is 12.1. The molecule has 3 nitrogen and oxygen atoms in total. The van der Waals surface area contributed by atoms with Crippen molar-refractivity contribution in [1.29, 1.82) is 0 Å². The number of furan rings is 1.